The molecule has 18 nitrogen and oxygen atoms in total. The summed E-state index contributed by atoms with van der Waals surface area (Å²) in [7, 11) is -16.6. The van der Waals surface area contributed by atoms with Crippen molar-refractivity contribution in [2.45, 2.75) is 14.7 Å². The second-order valence-electron chi connectivity index (χ2n) is 12.7. The van der Waals surface area contributed by atoms with Gasteiger partial charge < -0.3 is 39.4 Å². The molecule has 7 rings (SSSR count). The monoisotopic (exact) mass is 1040 g/mol. The van der Waals surface area contributed by atoms with Gasteiger partial charge in [-0.05, 0) is 85.8 Å². The molecule has 0 aliphatic carbocycles. The van der Waals surface area contributed by atoms with Crippen molar-refractivity contribution in [1.29, 1.82) is 11.1 Å². The molecule has 26 heteroatoms. The molecule has 0 aliphatic rings. The van der Waals surface area contributed by atoms with Crippen molar-refractivity contribution in [1.82, 2.24) is 0 Å². The van der Waals surface area contributed by atoms with Crippen molar-refractivity contribution in [3.05, 3.63) is 103 Å². The topological polar surface area (TPSA) is 348 Å². The Balaban J connectivity index is 0.00000282. The third-order valence-electron chi connectivity index (χ3n) is 9.24. The molecule has 2 radical (unpaired) electrons. The van der Waals surface area contributed by atoms with Gasteiger partial charge in [-0.2, -0.15) is 10.2 Å². The fourth-order valence-electron chi connectivity index (χ4n) is 6.82. The Kier molecular flexibility index (Phi) is 19.4. The molecule has 0 saturated heterocycles. The molecule has 0 spiro atoms. The van der Waals surface area contributed by atoms with Crippen LogP contribution >= 0.6 is 0 Å². The molecule has 7 aromatic rings. The van der Waals surface area contributed by atoms with Crippen LogP contribution in [0.5, 0.6) is 23.0 Å². The zero-order valence-corrected chi connectivity index (χ0v) is 43.2. The number of hydrogen-bond acceptors (Lipinski definition) is 18. The summed E-state index contributed by atoms with van der Waals surface area (Å²) in [5.41, 5.74) is 10.8. The molecule has 0 heterocycles. The van der Waals surface area contributed by atoms with E-state index in [2.05, 4.69) is 15.5 Å². The zero-order valence-electron chi connectivity index (χ0n) is 32.8. The Bertz CT molecular complexity index is 3340. The number of fused-ring (bicyclic) bond motifs is 2. The van der Waals surface area contributed by atoms with E-state index >= 15 is 0 Å². The normalized spacial score (nSPS) is 11.2. The summed E-state index contributed by atoms with van der Waals surface area (Å²) < 4.78 is 112. The SMILES string of the molecule is N=Nc1ccc2cc(S(=O)(=O)[O-])c(-c3ccc(-c4ccc(-c5c([O-])cc6cc(Nc7ccccc7)ccc6c5S(=O)(=O)[O-])c([O-])c4N=N)cc3[O-])c([O-])c2c1S(=O)(=O)[O-].[Cu+2].[Cu+2].[Na+].[Na+].[Na+]. The second-order valence-corrected chi connectivity index (χ2v) is 16.7. The quantitative estimate of drug-likeness (QED) is 0.0670. The summed E-state index contributed by atoms with van der Waals surface area (Å²) in [4.78, 5) is -3.57. The second kappa shape index (κ2) is 21.8. The third kappa shape index (κ3) is 10.9. The van der Waals surface area contributed by atoms with E-state index in [4.69, 9.17) is 11.1 Å². The molecule has 0 amide bonds. The van der Waals surface area contributed by atoms with Gasteiger partial charge in [0.05, 0.1) is 20.4 Å². The number of para-hydroxylation sites is 1. The fourth-order valence-corrected chi connectivity index (χ4v) is 9.29. The third-order valence-corrected chi connectivity index (χ3v) is 11.9. The van der Waals surface area contributed by atoms with E-state index in [0.717, 1.165) is 48.5 Å². The molecule has 7 aromatic carbocycles. The van der Waals surface area contributed by atoms with Gasteiger partial charge in [-0.25, -0.2) is 36.3 Å². The van der Waals surface area contributed by atoms with E-state index in [0.29, 0.717) is 17.4 Å². The summed E-state index contributed by atoms with van der Waals surface area (Å²) >= 11 is 0. The van der Waals surface area contributed by atoms with Gasteiger partial charge in [0, 0.05) is 16.9 Å². The first kappa shape index (κ1) is 57.2. The van der Waals surface area contributed by atoms with Crippen LogP contribution in [0.2, 0.25) is 0 Å². The molecular weight excluding hydrogens is 1030 g/mol. The van der Waals surface area contributed by atoms with Gasteiger partial charge in [0.15, 0.2) is 0 Å². The van der Waals surface area contributed by atoms with E-state index in [1.165, 1.54) is 18.2 Å². The van der Waals surface area contributed by atoms with Gasteiger partial charge in [0.2, 0.25) is 0 Å². The Morgan fingerprint density at radius 1 is 0.516 bits per heavy atom. The first-order chi connectivity index (χ1) is 27.7. The number of hydrogen-bond donors (Lipinski definition) is 3. The summed E-state index contributed by atoms with van der Waals surface area (Å²) in [6.07, 6.45) is 0. The van der Waals surface area contributed by atoms with Crippen LogP contribution in [0, 0.1) is 11.1 Å². The number of nitrogens with zero attached hydrogens (tertiary/aromatic N) is 2. The summed E-state index contributed by atoms with van der Waals surface area (Å²) in [6.45, 7) is 0. The van der Waals surface area contributed by atoms with Gasteiger partial charge in [0.25, 0.3) is 0 Å². The molecule has 0 aromatic heterocycles. The Hall–Kier alpha value is -2.97. The summed E-state index contributed by atoms with van der Waals surface area (Å²) in [5.74, 6) is -5.00. The van der Waals surface area contributed by atoms with Crippen LogP contribution in [0.3, 0.4) is 0 Å². The van der Waals surface area contributed by atoms with Gasteiger partial charge in [-0.15, -0.1) is 5.75 Å². The number of nitrogens with one attached hydrogen (secondary N) is 3. The summed E-state index contributed by atoms with van der Waals surface area (Å²) in [6, 6.07) is 21.0. The predicted molar refractivity (Wildman–Crippen MR) is 199 cm³/mol. The summed E-state index contributed by atoms with van der Waals surface area (Å²) in [5, 5.41) is 62.6. The van der Waals surface area contributed by atoms with Crippen LogP contribution in [-0.2, 0) is 64.5 Å². The van der Waals surface area contributed by atoms with Crippen molar-refractivity contribution in [2.24, 2.45) is 10.2 Å². The number of rotatable bonds is 10. The molecular formula is C38H20Cu2N5Na3O13S3. The van der Waals surface area contributed by atoms with E-state index in [9.17, 15) is 59.3 Å². The fraction of sp³-hybridized carbons (Fsp3) is 0. The molecule has 0 aliphatic heterocycles. The molecule has 3 N–H and O–H groups in total. The maximum atomic E-state index is 13.9. The van der Waals surface area contributed by atoms with Crippen LogP contribution in [0.15, 0.2) is 128 Å². The largest absolute Gasteiger partial charge is 2.00 e. The van der Waals surface area contributed by atoms with Crippen molar-refractivity contribution < 1.29 is 182 Å². The first-order valence-corrected chi connectivity index (χ1v) is 20.7. The Morgan fingerprint density at radius 3 is 1.69 bits per heavy atom. The maximum absolute atomic E-state index is 13.9. The van der Waals surface area contributed by atoms with Crippen molar-refractivity contribution in [2.75, 3.05) is 5.32 Å². The van der Waals surface area contributed by atoms with Gasteiger partial charge >= 0.3 is 123 Å². The molecule has 0 bridgehead atoms. The van der Waals surface area contributed by atoms with Crippen LogP contribution in [0.4, 0.5) is 22.7 Å². The van der Waals surface area contributed by atoms with Crippen molar-refractivity contribution in [3.63, 3.8) is 0 Å². The van der Waals surface area contributed by atoms with Gasteiger partial charge in [-0.1, -0.05) is 84.0 Å². The minimum Gasteiger partial charge on any atom is -0.872 e. The molecule has 0 saturated carbocycles. The first-order valence-electron chi connectivity index (χ1n) is 16.4. The molecule has 318 valence electrons. The standard InChI is InChI=1S/C38H27N5O13S3.2Cu.3Na/c39-42-27-13-7-19-17-30(57(48,49)50)33(36(47)31(19)38(27)59(54,55)56)25-9-6-18(15-28(25)44)23-11-12-26(35(46)34(23)43-40)32-29(45)16-20-14-22(41-21-4-2-1-3-5-21)8-10-24(20)37(32)58(51,52)53;;;;;/h1-17,39-41,44-47H,(H,48,49,50)(H,51,52,53)(H,54,55,56);;;;;/q;2*+2;3*+1/p-7. The molecule has 0 fully saturated rings. The van der Waals surface area contributed by atoms with E-state index in [1.807, 2.05) is 0 Å². The molecule has 0 unspecified atom stereocenters. The number of anilines is 2. The van der Waals surface area contributed by atoms with E-state index in [-0.39, 0.29) is 145 Å². The van der Waals surface area contributed by atoms with Crippen molar-refractivity contribution >= 4 is 74.6 Å². The van der Waals surface area contributed by atoms with Crippen molar-refractivity contribution in [3.8, 4) is 56.4 Å². The van der Waals surface area contributed by atoms with Crippen LogP contribution in [0.1, 0.15) is 0 Å². The molecule has 0 atom stereocenters. The van der Waals surface area contributed by atoms with E-state index in [1.54, 1.807) is 30.3 Å². The van der Waals surface area contributed by atoms with Crippen LogP contribution in [-0.4, -0.2) is 38.9 Å². The Labute approximate surface area is 452 Å². The zero-order chi connectivity index (χ0) is 42.8. The molecule has 64 heavy (non-hydrogen) atoms. The predicted octanol–water partition coefficient (Wildman–Crippen LogP) is -3.92. The smallest absolute Gasteiger partial charge is 0.872 e. The minimum atomic E-state index is -5.58. The minimum absolute atomic E-state index is 0. The number of benzene rings is 7. The van der Waals surface area contributed by atoms with Crippen LogP contribution < -0.4 is 114 Å². The van der Waals surface area contributed by atoms with Crippen LogP contribution in [0.25, 0.3) is 54.9 Å². The van der Waals surface area contributed by atoms with Gasteiger partial charge in [0.1, 0.15) is 36.0 Å². The van der Waals surface area contributed by atoms with Gasteiger partial charge in [-0.3, -0.25) is 0 Å². The van der Waals surface area contributed by atoms with E-state index < -0.39 is 112 Å². The average Bonchev–Trinajstić information content (AvgIpc) is 3.16. The Morgan fingerprint density at radius 2 is 1.12 bits per heavy atom. The average molecular weight is 1050 g/mol. The maximum Gasteiger partial charge on any atom is 2.00 e.